The Morgan fingerprint density at radius 3 is 3.05 bits per heavy atom. The molecule has 3 rings (SSSR count). The highest BCUT2D eigenvalue weighted by Crippen LogP contribution is 2.38. The van der Waals surface area contributed by atoms with Gasteiger partial charge in [0, 0.05) is 47.6 Å². The summed E-state index contributed by atoms with van der Waals surface area (Å²) >= 11 is 7.42. The van der Waals surface area contributed by atoms with Gasteiger partial charge >= 0.3 is 0 Å². The highest BCUT2D eigenvalue weighted by molar-refractivity contribution is 7.99. The second kappa shape index (κ2) is 6.25. The summed E-state index contributed by atoms with van der Waals surface area (Å²) in [6.07, 6.45) is 1.81. The topological polar surface area (TPSA) is 71.0 Å². The lowest BCUT2D eigenvalue weighted by atomic mass is 10.0. The van der Waals surface area contributed by atoms with Crippen LogP contribution >= 0.6 is 23.4 Å². The molecule has 112 valence electrons. The fourth-order valence-corrected chi connectivity index (χ4v) is 3.99. The fourth-order valence-electron chi connectivity index (χ4n) is 2.72. The van der Waals surface area contributed by atoms with Gasteiger partial charge in [0.05, 0.1) is 15.8 Å². The number of fused-ring (bicyclic) bond motifs is 3. The molecule has 1 aromatic carbocycles. The molecule has 0 bridgehead atoms. The minimum atomic E-state index is -0.293. The molecule has 5 nitrogen and oxygen atoms in total. The Bertz CT molecular complexity index is 686. The lowest BCUT2D eigenvalue weighted by molar-refractivity contribution is -0.383. The Hall–Kier alpha value is -1.24. The molecule has 0 saturated carbocycles. The third-order valence-corrected chi connectivity index (χ3v) is 5.08. The lowest BCUT2D eigenvalue weighted by Crippen LogP contribution is -2.23. The van der Waals surface area contributed by atoms with Crippen molar-refractivity contribution in [2.75, 3.05) is 18.2 Å². The van der Waals surface area contributed by atoms with Gasteiger partial charge in [0.2, 0.25) is 0 Å². The third kappa shape index (κ3) is 2.75. The number of hydrogen-bond donors (Lipinski definition) is 2. The first-order chi connectivity index (χ1) is 10.2. The number of nitro groups is 1. The normalized spacial score (nSPS) is 14.3. The predicted molar refractivity (Wildman–Crippen MR) is 86.4 cm³/mol. The van der Waals surface area contributed by atoms with Crippen LogP contribution < -0.4 is 5.32 Å². The summed E-state index contributed by atoms with van der Waals surface area (Å²) in [4.78, 5) is 15.5. The van der Waals surface area contributed by atoms with E-state index < -0.39 is 0 Å². The number of aromatic amines is 1. The Labute approximate surface area is 131 Å². The van der Waals surface area contributed by atoms with Gasteiger partial charge in [0.25, 0.3) is 5.69 Å². The maximum absolute atomic E-state index is 11.3. The first kappa shape index (κ1) is 14.7. The maximum Gasteiger partial charge on any atom is 0.279 e. The van der Waals surface area contributed by atoms with Crippen LogP contribution in [0.25, 0.3) is 10.9 Å². The number of halogens is 1. The molecule has 0 aliphatic carbocycles. The van der Waals surface area contributed by atoms with Gasteiger partial charge in [-0.25, -0.2) is 0 Å². The number of nitrogens with one attached hydrogen (secondary N) is 2. The molecule has 21 heavy (non-hydrogen) atoms. The fraction of sp³-hybridized carbons (Fsp3) is 0.429. The molecule has 0 radical (unpaired) electrons. The monoisotopic (exact) mass is 325 g/mol. The second-order valence-corrected chi connectivity index (χ2v) is 6.50. The summed E-state index contributed by atoms with van der Waals surface area (Å²) in [5, 5.41) is 15.4. The molecule has 0 atom stereocenters. The molecule has 0 unspecified atom stereocenters. The van der Waals surface area contributed by atoms with E-state index in [1.54, 1.807) is 17.8 Å². The first-order valence-corrected chi connectivity index (χ1v) is 8.44. The van der Waals surface area contributed by atoms with Gasteiger partial charge in [0.15, 0.2) is 0 Å². The average molecular weight is 326 g/mol. The molecule has 1 aliphatic rings. The first-order valence-electron chi connectivity index (χ1n) is 6.92. The molecule has 0 saturated heterocycles. The number of nitro benzene ring substituents is 1. The molecule has 0 spiro atoms. The van der Waals surface area contributed by atoms with Crippen LogP contribution in [0.15, 0.2) is 17.0 Å². The van der Waals surface area contributed by atoms with Crippen molar-refractivity contribution >= 4 is 40.0 Å². The number of non-ortho nitro benzene ring substituents is 1. The summed E-state index contributed by atoms with van der Waals surface area (Å²) in [5.41, 5.74) is 3.25. The number of alkyl halides is 1. The number of thioether (sulfide) groups is 1. The van der Waals surface area contributed by atoms with Crippen molar-refractivity contribution in [2.24, 2.45) is 0 Å². The van der Waals surface area contributed by atoms with E-state index in [4.69, 9.17) is 11.6 Å². The summed E-state index contributed by atoms with van der Waals surface area (Å²) in [7, 11) is 0. The minimum Gasteiger partial charge on any atom is -0.357 e. The van der Waals surface area contributed by atoms with Gasteiger partial charge < -0.3 is 10.3 Å². The Morgan fingerprint density at radius 2 is 2.29 bits per heavy atom. The van der Waals surface area contributed by atoms with Crippen LogP contribution in [-0.2, 0) is 13.0 Å². The zero-order chi connectivity index (χ0) is 14.8. The van der Waals surface area contributed by atoms with Gasteiger partial charge in [0.1, 0.15) is 0 Å². The second-order valence-electron chi connectivity index (χ2n) is 4.99. The number of benzene rings is 1. The molecule has 7 heteroatoms. The van der Waals surface area contributed by atoms with Gasteiger partial charge in [-0.2, -0.15) is 0 Å². The Morgan fingerprint density at radius 1 is 1.43 bits per heavy atom. The molecule has 0 fully saturated rings. The zero-order valence-electron chi connectivity index (χ0n) is 11.4. The Balaban J connectivity index is 2.12. The highest BCUT2D eigenvalue weighted by atomic mass is 35.5. The molecular weight excluding hydrogens is 310 g/mol. The van der Waals surface area contributed by atoms with Crippen LogP contribution in [0.3, 0.4) is 0 Å². The van der Waals surface area contributed by atoms with E-state index >= 15 is 0 Å². The SMILES string of the molecule is O=[N+]([O-])c1ccc(SCCCCl)c2[nH]c3c(c12)CNCC3. The molecule has 1 aromatic heterocycles. The van der Waals surface area contributed by atoms with Crippen molar-refractivity contribution in [1.82, 2.24) is 10.3 Å². The minimum absolute atomic E-state index is 0.188. The predicted octanol–water partition coefficient (Wildman–Crippen LogP) is 3.44. The third-order valence-electron chi connectivity index (χ3n) is 3.67. The number of aromatic nitrogens is 1. The van der Waals surface area contributed by atoms with Crippen LogP contribution in [0.4, 0.5) is 5.69 Å². The van der Waals surface area contributed by atoms with Crippen molar-refractivity contribution < 1.29 is 4.92 Å². The summed E-state index contributed by atoms with van der Waals surface area (Å²) in [6.45, 7) is 1.59. The zero-order valence-corrected chi connectivity index (χ0v) is 13.0. The van der Waals surface area contributed by atoms with E-state index in [9.17, 15) is 10.1 Å². The maximum atomic E-state index is 11.3. The smallest absolute Gasteiger partial charge is 0.279 e. The standard InChI is InChI=1S/C14H16ClN3O2S/c15-5-1-7-21-12-3-2-11(18(19)20)13-9-8-16-6-4-10(9)17-14(12)13/h2-3,16-17H,1,4-8H2. The van der Waals surface area contributed by atoms with E-state index in [0.717, 1.165) is 52.2 Å². The van der Waals surface area contributed by atoms with E-state index in [0.29, 0.717) is 12.4 Å². The lowest BCUT2D eigenvalue weighted by Gasteiger charge is -2.12. The van der Waals surface area contributed by atoms with Crippen molar-refractivity contribution in [3.8, 4) is 0 Å². The van der Waals surface area contributed by atoms with Crippen LogP contribution in [0.1, 0.15) is 17.7 Å². The van der Waals surface area contributed by atoms with Gasteiger partial charge in [-0.3, -0.25) is 10.1 Å². The molecule has 0 amide bonds. The molecule has 2 N–H and O–H groups in total. The van der Waals surface area contributed by atoms with Crippen LogP contribution in [0.2, 0.25) is 0 Å². The van der Waals surface area contributed by atoms with Crippen LogP contribution in [-0.4, -0.2) is 28.1 Å². The van der Waals surface area contributed by atoms with E-state index in [-0.39, 0.29) is 10.6 Å². The van der Waals surface area contributed by atoms with Crippen molar-refractivity contribution in [3.05, 3.63) is 33.5 Å². The van der Waals surface area contributed by atoms with Crippen molar-refractivity contribution in [2.45, 2.75) is 24.3 Å². The average Bonchev–Trinajstić information content (AvgIpc) is 2.87. The number of nitrogens with zero attached hydrogens (tertiary/aromatic N) is 1. The number of hydrogen-bond acceptors (Lipinski definition) is 4. The molecule has 2 heterocycles. The van der Waals surface area contributed by atoms with Gasteiger partial charge in [-0.15, -0.1) is 23.4 Å². The molecular formula is C14H16ClN3O2S. The Kier molecular flexibility index (Phi) is 4.37. The summed E-state index contributed by atoms with van der Waals surface area (Å²) < 4.78 is 0. The van der Waals surface area contributed by atoms with E-state index in [2.05, 4.69) is 10.3 Å². The number of rotatable bonds is 5. The molecule has 2 aromatic rings. The number of H-pyrrole nitrogens is 1. The van der Waals surface area contributed by atoms with E-state index in [1.807, 2.05) is 6.07 Å². The van der Waals surface area contributed by atoms with Gasteiger partial charge in [-0.05, 0) is 18.2 Å². The summed E-state index contributed by atoms with van der Waals surface area (Å²) in [6, 6.07) is 3.46. The van der Waals surface area contributed by atoms with Crippen molar-refractivity contribution in [1.29, 1.82) is 0 Å². The molecule has 1 aliphatic heterocycles. The van der Waals surface area contributed by atoms with E-state index in [1.165, 1.54) is 0 Å². The summed E-state index contributed by atoms with van der Waals surface area (Å²) in [5.74, 6) is 1.55. The largest absolute Gasteiger partial charge is 0.357 e. The van der Waals surface area contributed by atoms with Crippen molar-refractivity contribution in [3.63, 3.8) is 0 Å². The highest BCUT2D eigenvalue weighted by Gasteiger charge is 2.24. The van der Waals surface area contributed by atoms with Crippen LogP contribution in [0, 0.1) is 10.1 Å². The van der Waals surface area contributed by atoms with Crippen LogP contribution in [0.5, 0.6) is 0 Å². The van der Waals surface area contributed by atoms with Gasteiger partial charge in [-0.1, -0.05) is 0 Å². The quantitative estimate of drug-likeness (QED) is 0.290.